The van der Waals surface area contributed by atoms with E-state index in [0.29, 0.717) is 26.0 Å². The standard InChI is InChI=1S/C21H21ClN2O5S/c1-2-28-19-12-15(13-23)11-18(22)20(19)29-21(25)16-7-6-10-24(14-16)30(26,27)17-8-4-3-5-9-17/h3-5,8-9,11-12,16H,2,6-7,10,14H2,1H3. The van der Waals surface area contributed by atoms with Crippen LogP contribution < -0.4 is 9.47 Å². The summed E-state index contributed by atoms with van der Waals surface area (Å²) in [6.45, 7) is 2.41. The van der Waals surface area contributed by atoms with E-state index in [4.69, 9.17) is 26.3 Å². The Balaban J connectivity index is 1.79. The number of nitriles is 1. The third kappa shape index (κ3) is 4.75. The molecule has 1 atom stereocenters. The first-order valence-electron chi connectivity index (χ1n) is 9.50. The number of hydrogen-bond acceptors (Lipinski definition) is 6. The van der Waals surface area contributed by atoms with Crippen molar-refractivity contribution in [2.45, 2.75) is 24.7 Å². The predicted molar refractivity (Wildman–Crippen MR) is 111 cm³/mol. The third-order valence-corrected chi connectivity index (χ3v) is 6.90. The fraction of sp³-hybridized carbons (Fsp3) is 0.333. The molecule has 0 saturated carbocycles. The topological polar surface area (TPSA) is 96.7 Å². The van der Waals surface area contributed by atoms with E-state index in [1.165, 1.54) is 28.6 Å². The lowest BCUT2D eigenvalue weighted by Crippen LogP contribution is -2.43. The monoisotopic (exact) mass is 448 g/mol. The van der Waals surface area contributed by atoms with Crippen molar-refractivity contribution in [3.05, 3.63) is 53.1 Å². The Morgan fingerprint density at radius 3 is 2.70 bits per heavy atom. The van der Waals surface area contributed by atoms with Crippen molar-refractivity contribution in [1.82, 2.24) is 4.31 Å². The molecule has 2 aromatic rings. The van der Waals surface area contributed by atoms with Gasteiger partial charge in [0.2, 0.25) is 10.0 Å². The minimum Gasteiger partial charge on any atom is -0.490 e. The molecule has 0 aliphatic carbocycles. The first kappa shape index (κ1) is 22.1. The molecule has 1 aliphatic rings. The molecule has 2 aromatic carbocycles. The molecule has 30 heavy (non-hydrogen) atoms. The van der Waals surface area contributed by atoms with Crippen molar-refractivity contribution in [3.8, 4) is 17.6 Å². The lowest BCUT2D eigenvalue weighted by molar-refractivity contribution is -0.140. The molecule has 1 unspecified atom stereocenters. The Morgan fingerprint density at radius 1 is 1.30 bits per heavy atom. The number of esters is 1. The van der Waals surface area contributed by atoms with Gasteiger partial charge in [0, 0.05) is 19.2 Å². The normalized spacial score (nSPS) is 17.2. The van der Waals surface area contributed by atoms with Crippen LogP contribution in [0, 0.1) is 17.2 Å². The highest BCUT2D eigenvalue weighted by atomic mass is 35.5. The summed E-state index contributed by atoms with van der Waals surface area (Å²) in [7, 11) is -3.70. The van der Waals surface area contributed by atoms with Crippen molar-refractivity contribution in [2.24, 2.45) is 5.92 Å². The second-order valence-corrected chi connectivity index (χ2v) is 9.11. The molecule has 0 bridgehead atoms. The van der Waals surface area contributed by atoms with Gasteiger partial charge in [-0.1, -0.05) is 29.8 Å². The van der Waals surface area contributed by atoms with Crippen LogP contribution in [0.25, 0.3) is 0 Å². The van der Waals surface area contributed by atoms with E-state index in [9.17, 15) is 13.2 Å². The van der Waals surface area contributed by atoms with Crippen LogP contribution in [-0.4, -0.2) is 38.4 Å². The summed E-state index contributed by atoms with van der Waals surface area (Å²) in [5.74, 6) is -1.00. The van der Waals surface area contributed by atoms with Crippen molar-refractivity contribution >= 4 is 27.6 Å². The van der Waals surface area contributed by atoms with E-state index in [-0.39, 0.29) is 33.5 Å². The molecule has 7 nitrogen and oxygen atoms in total. The molecular formula is C21H21ClN2O5S. The van der Waals surface area contributed by atoms with Gasteiger partial charge in [0.05, 0.1) is 34.1 Å². The number of nitrogens with zero attached hydrogens (tertiary/aromatic N) is 2. The highest BCUT2D eigenvalue weighted by Crippen LogP contribution is 2.37. The molecule has 0 spiro atoms. The molecule has 1 saturated heterocycles. The molecule has 3 rings (SSSR count). The van der Waals surface area contributed by atoms with Gasteiger partial charge in [0.15, 0.2) is 11.5 Å². The van der Waals surface area contributed by atoms with E-state index in [2.05, 4.69) is 0 Å². The zero-order chi connectivity index (χ0) is 21.7. The minimum atomic E-state index is -3.70. The lowest BCUT2D eigenvalue weighted by atomic mass is 10.00. The molecule has 1 aliphatic heterocycles. The van der Waals surface area contributed by atoms with Gasteiger partial charge >= 0.3 is 5.97 Å². The van der Waals surface area contributed by atoms with Gasteiger partial charge in [-0.3, -0.25) is 4.79 Å². The Labute approximate surface area is 180 Å². The van der Waals surface area contributed by atoms with Crippen molar-refractivity contribution in [1.29, 1.82) is 5.26 Å². The average Bonchev–Trinajstić information content (AvgIpc) is 2.76. The first-order valence-corrected chi connectivity index (χ1v) is 11.3. The van der Waals surface area contributed by atoms with Gasteiger partial charge in [0.1, 0.15) is 0 Å². The molecule has 0 N–H and O–H groups in total. The highest BCUT2D eigenvalue weighted by Gasteiger charge is 2.34. The second-order valence-electron chi connectivity index (χ2n) is 6.77. The number of halogens is 1. The van der Waals surface area contributed by atoms with Crippen LogP contribution in [0.5, 0.6) is 11.5 Å². The fourth-order valence-electron chi connectivity index (χ4n) is 3.27. The zero-order valence-electron chi connectivity index (χ0n) is 16.4. The van der Waals surface area contributed by atoms with Gasteiger partial charge in [0.25, 0.3) is 0 Å². The van der Waals surface area contributed by atoms with E-state index in [1.54, 1.807) is 25.1 Å². The van der Waals surface area contributed by atoms with Gasteiger partial charge in [-0.15, -0.1) is 0 Å². The molecule has 158 valence electrons. The van der Waals surface area contributed by atoms with Gasteiger partial charge < -0.3 is 9.47 Å². The van der Waals surface area contributed by atoms with Crippen LogP contribution in [0.2, 0.25) is 5.02 Å². The Hall–Kier alpha value is -2.60. The van der Waals surface area contributed by atoms with Gasteiger partial charge in [-0.05, 0) is 38.0 Å². The van der Waals surface area contributed by atoms with Crippen LogP contribution in [0.1, 0.15) is 25.3 Å². The number of benzene rings is 2. The Bertz CT molecular complexity index is 1070. The molecule has 9 heteroatoms. The summed E-state index contributed by atoms with van der Waals surface area (Å²) >= 11 is 6.20. The largest absolute Gasteiger partial charge is 0.490 e. The maximum atomic E-state index is 12.9. The van der Waals surface area contributed by atoms with Crippen LogP contribution in [0.3, 0.4) is 0 Å². The van der Waals surface area contributed by atoms with Crippen LogP contribution in [-0.2, 0) is 14.8 Å². The minimum absolute atomic E-state index is 0.0218. The van der Waals surface area contributed by atoms with Crippen LogP contribution in [0.15, 0.2) is 47.4 Å². The van der Waals surface area contributed by atoms with E-state index in [0.717, 1.165) is 0 Å². The SMILES string of the molecule is CCOc1cc(C#N)cc(Cl)c1OC(=O)C1CCCN(S(=O)(=O)c2ccccc2)C1. The van der Waals surface area contributed by atoms with Gasteiger partial charge in [-0.25, -0.2) is 8.42 Å². The van der Waals surface area contributed by atoms with Crippen molar-refractivity contribution in [2.75, 3.05) is 19.7 Å². The molecule has 1 fully saturated rings. The Kier molecular flexibility index (Phi) is 6.98. The molecule has 1 heterocycles. The maximum absolute atomic E-state index is 12.9. The summed E-state index contributed by atoms with van der Waals surface area (Å²) in [5.41, 5.74) is 0.279. The smallest absolute Gasteiger partial charge is 0.315 e. The molecular weight excluding hydrogens is 428 g/mol. The molecule has 0 amide bonds. The number of carbonyl (C=O) groups excluding carboxylic acids is 1. The number of sulfonamides is 1. The number of rotatable bonds is 6. The first-order chi connectivity index (χ1) is 14.4. The summed E-state index contributed by atoms with van der Waals surface area (Å²) in [6, 6.07) is 12.9. The number of carbonyl (C=O) groups is 1. The summed E-state index contributed by atoms with van der Waals surface area (Å²) in [5, 5.41) is 9.18. The van der Waals surface area contributed by atoms with E-state index in [1.807, 2.05) is 6.07 Å². The third-order valence-electron chi connectivity index (χ3n) is 4.74. The highest BCUT2D eigenvalue weighted by molar-refractivity contribution is 7.89. The predicted octanol–water partition coefficient (Wildman–Crippen LogP) is 3.62. The summed E-state index contributed by atoms with van der Waals surface area (Å²) in [4.78, 5) is 13.0. The molecule has 0 aromatic heterocycles. The zero-order valence-corrected chi connectivity index (χ0v) is 17.9. The summed E-state index contributed by atoms with van der Waals surface area (Å²) in [6.07, 6.45) is 1.03. The van der Waals surface area contributed by atoms with Crippen LogP contribution >= 0.6 is 11.6 Å². The van der Waals surface area contributed by atoms with Crippen molar-refractivity contribution in [3.63, 3.8) is 0 Å². The van der Waals surface area contributed by atoms with Gasteiger partial charge in [-0.2, -0.15) is 9.57 Å². The number of piperidine rings is 1. The Morgan fingerprint density at radius 2 is 2.03 bits per heavy atom. The quantitative estimate of drug-likeness (QED) is 0.494. The van der Waals surface area contributed by atoms with E-state index >= 15 is 0 Å². The summed E-state index contributed by atoms with van der Waals surface area (Å²) < 4.78 is 38.0. The number of ether oxygens (including phenoxy) is 2. The van der Waals surface area contributed by atoms with E-state index < -0.39 is 21.9 Å². The van der Waals surface area contributed by atoms with Crippen LogP contribution in [0.4, 0.5) is 0 Å². The fourth-order valence-corrected chi connectivity index (χ4v) is 5.07. The number of hydrogen-bond donors (Lipinski definition) is 0. The second kappa shape index (κ2) is 9.47. The lowest BCUT2D eigenvalue weighted by Gasteiger charge is -2.30. The molecule has 0 radical (unpaired) electrons. The average molecular weight is 449 g/mol. The maximum Gasteiger partial charge on any atom is 0.315 e. The van der Waals surface area contributed by atoms with Crippen molar-refractivity contribution < 1.29 is 22.7 Å².